The molecule has 1 aliphatic heterocycles. The van der Waals surface area contributed by atoms with Crippen LogP contribution in [0.1, 0.15) is 73.9 Å². The van der Waals surface area contributed by atoms with Crippen molar-refractivity contribution in [3.8, 4) is 17.2 Å². The Balaban J connectivity index is 1.07. The summed E-state index contributed by atoms with van der Waals surface area (Å²) in [5.74, 6) is 2.39. The monoisotopic (exact) mass is 690 g/mol. The summed E-state index contributed by atoms with van der Waals surface area (Å²) >= 11 is 1.42. The van der Waals surface area contributed by atoms with Crippen LogP contribution in [0.25, 0.3) is 11.1 Å². The number of pyridine rings is 1. The molecule has 1 saturated heterocycles. The normalized spacial score (nSPS) is 25.8. The molecule has 2 unspecified atom stereocenters. The number of aliphatic hydroxyl groups excluding tert-OH is 1. The van der Waals surface area contributed by atoms with Crippen molar-refractivity contribution < 1.29 is 9.90 Å². The molecule has 10 nitrogen and oxygen atoms in total. The summed E-state index contributed by atoms with van der Waals surface area (Å²) in [5, 5.41) is 27.0. The van der Waals surface area contributed by atoms with E-state index in [1.54, 1.807) is 10.9 Å². The Labute approximate surface area is 298 Å². The number of aromatic nitrogens is 5. The Morgan fingerprint density at radius 2 is 1.80 bits per heavy atom. The Hall–Kier alpha value is -4.11. The fraction of sp³-hybridized carbons (Fsp3) is 0.487. The topological polar surface area (TPSA) is 133 Å². The summed E-state index contributed by atoms with van der Waals surface area (Å²) in [7, 11) is 1.90. The lowest BCUT2D eigenvalue weighted by Gasteiger charge is -2.33. The number of carbonyl (C=O) groups excluding carboxylic acids is 1. The lowest BCUT2D eigenvalue weighted by Crippen LogP contribution is -2.33. The van der Waals surface area contributed by atoms with E-state index in [0.29, 0.717) is 41.4 Å². The molecule has 0 radical (unpaired) electrons. The quantitative estimate of drug-likeness (QED) is 0.193. The molecular weight excluding hydrogens is 645 g/mol. The third-order valence-corrected chi connectivity index (χ3v) is 12.3. The number of nitriles is 1. The van der Waals surface area contributed by atoms with Gasteiger partial charge in [0.15, 0.2) is 5.12 Å². The molecule has 2 aliphatic carbocycles. The predicted octanol–water partition coefficient (Wildman–Crippen LogP) is 6.40. The molecule has 3 aromatic heterocycles. The second kappa shape index (κ2) is 15.4. The number of fused-ring (bicyclic) bond motifs is 2. The molecule has 2 bridgehead atoms. The molecule has 4 aromatic rings. The van der Waals surface area contributed by atoms with Gasteiger partial charge in [-0.3, -0.25) is 19.9 Å². The zero-order valence-corrected chi connectivity index (χ0v) is 29.7. The van der Waals surface area contributed by atoms with Crippen LogP contribution in [0.4, 0.5) is 5.95 Å². The van der Waals surface area contributed by atoms with Crippen molar-refractivity contribution in [1.29, 1.82) is 5.26 Å². The minimum Gasteiger partial charge on any atom is -0.393 e. The van der Waals surface area contributed by atoms with Crippen LogP contribution in [0.15, 0.2) is 67.3 Å². The van der Waals surface area contributed by atoms with Crippen molar-refractivity contribution in [2.24, 2.45) is 36.6 Å². The number of aliphatic hydroxyl groups is 1. The minimum absolute atomic E-state index is 0.176. The first-order valence-electron chi connectivity index (χ1n) is 18.0. The number of hydrazine groups is 1. The molecule has 2 N–H and O–H groups in total. The lowest BCUT2D eigenvalue weighted by molar-refractivity contribution is -0.116. The number of nitrogens with one attached hydrogen (secondary N) is 1. The highest BCUT2D eigenvalue weighted by atomic mass is 32.2. The van der Waals surface area contributed by atoms with E-state index in [4.69, 9.17) is 9.97 Å². The maximum Gasteiger partial charge on any atom is 0.237 e. The zero-order valence-electron chi connectivity index (χ0n) is 28.9. The summed E-state index contributed by atoms with van der Waals surface area (Å²) in [6.07, 6.45) is 13.2. The van der Waals surface area contributed by atoms with Gasteiger partial charge in [0.2, 0.25) is 5.95 Å². The number of benzene rings is 1. The van der Waals surface area contributed by atoms with Crippen LogP contribution in [0.2, 0.25) is 0 Å². The molecule has 0 spiro atoms. The van der Waals surface area contributed by atoms with Gasteiger partial charge in [0.25, 0.3) is 0 Å². The van der Waals surface area contributed by atoms with Gasteiger partial charge in [-0.25, -0.2) is 15.0 Å². The fourth-order valence-corrected chi connectivity index (χ4v) is 9.59. The summed E-state index contributed by atoms with van der Waals surface area (Å²) in [5.41, 5.74) is 8.94. The number of hydrogen-bond acceptors (Lipinski definition) is 10. The highest BCUT2D eigenvalue weighted by molar-refractivity contribution is 8.13. The second-order valence-electron chi connectivity index (χ2n) is 14.5. The van der Waals surface area contributed by atoms with E-state index in [0.717, 1.165) is 79.7 Å². The van der Waals surface area contributed by atoms with Gasteiger partial charge in [0.05, 0.1) is 29.8 Å². The van der Waals surface area contributed by atoms with Crippen molar-refractivity contribution in [3.05, 3.63) is 89.8 Å². The largest absolute Gasteiger partial charge is 0.393 e. The molecular formula is C39H46N8O2S. The third kappa shape index (κ3) is 7.78. The Morgan fingerprint density at radius 1 is 1.02 bits per heavy atom. The van der Waals surface area contributed by atoms with E-state index in [9.17, 15) is 15.2 Å². The van der Waals surface area contributed by atoms with Gasteiger partial charge in [-0.15, -0.1) is 0 Å². The number of rotatable bonds is 10. The second-order valence-corrected chi connectivity index (χ2v) is 15.5. The Bertz CT molecular complexity index is 1790. The predicted molar refractivity (Wildman–Crippen MR) is 194 cm³/mol. The first kappa shape index (κ1) is 34.3. The van der Waals surface area contributed by atoms with E-state index in [1.165, 1.54) is 11.8 Å². The van der Waals surface area contributed by atoms with Gasteiger partial charge in [-0.1, -0.05) is 55.1 Å². The highest BCUT2D eigenvalue weighted by Gasteiger charge is 2.45. The van der Waals surface area contributed by atoms with Gasteiger partial charge in [-0.2, -0.15) is 10.4 Å². The molecule has 5 atom stereocenters. The van der Waals surface area contributed by atoms with Crippen LogP contribution in [-0.4, -0.2) is 59.2 Å². The van der Waals surface area contributed by atoms with Crippen LogP contribution in [0.3, 0.4) is 0 Å². The Morgan fingerprint density at radius 3 is 2.50 bits per heavy atom. The van der Waals surface area contributed by atoms with Gasteiger partial charge in [-0.05, 0) is 73.8 Å². The van der Waals surface area contributed by atoms with Crippen LogP contribution >= 0.6 is 11.8 Å². The third-order valence-electron chi connectivity index (χ3n) is 11.2. The van der Waals surface area contributed by atoms with Crippen molar-refractivity contribution in [2.75, 3.05) is 18.5 Å². The lowest BCUT2D eigenvalue weighted by atomic mass is 9.74. The molecule has 1 aromatic carbocycles. The fourth-order valence-electron chi connectivity index (χ4n) is 8.61. The smallest absolute Gasteiger partial charge is 0.237 e. The van der Waals surface area contributed by atoms with Crippen LogP contribution in [0.5, 0.6) is 0 Å². The first-order chi connectivity index (χ1) is 24.3. The molecule has 2 saturated carbocycles. The summed E-state index contributed by atoms with van der Waals surface area (Å²) in [4.78, 5) is 28.4. The standard InChI is InChI=1S/C39H46N8O2S/c1-25-12-14-47(45-39-42-21-30(19-40)37(44-39)36-27-8-9-28(36)17-33(48)16-27)15-13-34(25)35(38(49)50-24-26-6-4-3-5-7-26)18-32-11-10-29(20-41-32)31-22-43-46(2)23-31/h3-7,10-11,20-23,25,27-28,33-36,48H,8-9,12-18,24H2,1-2H3,(H,42,44,45)/t25-,27?,28?,33?,34-,35+,36?/m1/s1. The SMILES string of the molecule is C[C@@H]1CCN(Nc2ncc(C#N)c(C3C4CCC3CC(O)C4)n2)CC[C@H]1[C@H](Cc1ccc(-c2cnn(C)c2)cn1)C(=O)SCc1ccccc1. The summed E-state index contributed by atoms with van der Waals surface area (Å²) in [6, 6.07) is 16.6. The average molecular weight is 691 g/mol. The number of carbonyl (C=O) groups is 1. The highest BCUT2D eigenvalue weighted by Crippen LogP contribution is 2.52. The summed E-state index contributed by atoms with van der Waals surface area (Å²) < 4.78 is 1.78. The minimum atomic E-state index is -0.254. The molecule has 50 heavy (non-hydrogen) atoms. The number of aryl methyl sites for hydroxylation is 1. The van der Waals surface area contributed by atoms with Crippen LogP contribution < -0.4 is 5.43 Å². The van der Waals surface area contributed by atoms with Crippen LogP contribution in [0, 0.1) is 40.9 Å². The van der Waals surface area contributed by atoms with Gasteiger partial charge in [0, 0.05) is 73.4 Å². The maximum atomic E-state index is 14.1. The van der Waals surface area contributed by atoms with Gasteiger partial charge < -0.3 is 5.11 Å². The summed E-state index contributed by atoms with van der Waals surface area (Å²) in [6.45, 7) is 3.82. The van der Waals surface area contributed by atoms with Crippen molar-refractivity contribution in [1.82, 2.24) is 29.7 Å². The van der Waals surface area contributed by atoms with E-state index < -0.39 is 0 Å². The molecule has 7 rings (SSSR count). The molecule has 3 fully saturated rings. The van der Waals surface area contributed by atoms with Gasteiger partial charge >= 0.3 is 0 Å². The number of thioether (sulfide) groups is 1. The van der Waals surface area contributed by atoms with Gasteiger partial charge in [0.1, 0.15) is 6.07 Å². The molecule has 4 heterocycles. The maximum absolute atomic E-state index is 14.1. The molecule has 3 aliphatic rings. The number of hydrogen-bond donors (Lipinski definition) is 2. The first-order valence-corrected chi connectivity index (χ1v) is 18.9. The van der Waals surface area contributed by atoms with E-state index in [-0.39, 0.29) is 29.0 Å². The molecule has 11 heteroatoms. The van der Waals surface area contributed by atoms with Crippen LogP contribution in [-0.2, 0) is 24.0 Å². The van der Waals surface area contributed by atoms with E-state index in [2.05, 4.69) is 57.8 Å². The Kier molecular flexibility index (Phi) is 10.6. The zero-order chi connectivity index (χ0) is 34.6. The van der Waals surface area contributed by atoms with Crippen molar-refractivity contribution in [3.63, 3.8) is 0 Å². The average Bonchev–Trinajstić information content (AvgIpc) is 3.62. The van der Waals surface area contributed by atoms with E-state index >= 15 is 0 Å². The molecule has 0 amide bonds. The van der Waals surface area contributed by atoms with E-state index in [1.807, 2.05) is 43.8 Å². The number of nitrogens with zero attached hydrogens (tertiary/aromatic N) is 7. The van der Waals surface area contributed by atoms with Crippen molar-refractivity contribution in [2.45, 2.75) is 69.6 Å². The number of anilines is 1. The molecule has 260 valence electrons. The van der Waals surface area contributed by atoms with Crippen molar-refractivity contribution >= 4 is 22.8 Å².